The van der Waals surface area contributed by atoms with E-state index in [2.05, 4.69) is 10.7 Å². The standard InChI is InChI=1S/C14H14O3/c1-4-11(2)10-14(16,13(15)17-3)12-8-6-5-7-9-12/h1,5-10,16H,2-3H3/b11-10+/t14-/m1/s1. The van der Waals surface area contributed by atoms with Crippen LogP contribution in [0, 0.1) is 12.3 Å². The van der Waals surface area contributed by atoms with E-state index in [0.29, 0.717) is 11.1 Å². The van der Waals surface area contributed by atoms with Gasteiger partial charge in [-0.1, -0.05) is 36.3 Å². The summed E-state index contributed by atoms with van der Waals surface area (Å²) >= 11 is 0. The molecular formula is C14H14O3. The van der Waals surface area contributed by atoms with Crippen LogP contribution in [-0.2, 0) is 15.1 Å². The number of methoxy groups -OCH3 is 1. The average molecular weight is 230 g/mol. The Morgan fingerprint density at radius 3 is 2.53 bits per heavy atom. The molecule has 1 rings (SSSR count). The van der Waals surface area contributed by atoms with Gasteiger partial charge < -0.3 is 9.84 Å². The fourth-order valence-corrected chi connectivity index (χ4v) is 1.46. The minimum absolute atomic E-state index is 0.418. The van der Waals surface area contributed by atoms with Crippen LogP contribution in [0.4, 0.5) is 0 Å². The fraction of sp³-hybridized carbons (Fsp3) is 0.214. The summed E-state index contributed by atoms with van der Waals surface area (Å²) in [5.74, 6) is 1.60. The van der Waals surface area contributed by atoms with Crippen LogP contribution >= 0.6 is 0 Å². The zero-order valence-electron chi connectivity index (χ0n) is 9.81. The number of rotatable bonds is 3. The molecule has 1 aromatic rings. The SMILES string of the molecule is C#C/C(C)=C/[C@](O)(C(=O)OC)c1ccccc1. The molecule has 1 aromatic carbocycles. The Labute approximate surface area is 101 Å². The molecule has 0 aliphatic carbocycles. The summed E-state index contributed by atoms with van der Waals surface area (Å²) in [6.45, 7) is 1.64. The first-order valence-corrected chi connectivity index (χ1v) is 5.07. The van der Waals surface area contributed by atoms with E-state index in [1.165, 1.54) is 13.2 Å². The Morgan fingerprint density at radius 1 is 1.47 bits per heavy atom. The van der Waals surface area contributed by atoms with Crippen LogP contribution in [0.25, 0.3) is 0 Å². The van der Waals surface area contributed by atoms with E-state index < -0.39 is 11.6 Å². The lowest BCUT2D eigenvalue weighted by Gasteiger charge is -2.22. The highest BCUT2D eigenvalue weighted by molar-refractivity contribution is 5.83. The van der Waals surface area contributed by atoms with Gasteiger partial charge in [0.2, 0.25) is 5.60 Å². The summed E-state index contributed by atoms with van der Waals surface area (Å²) in [4.78, 5) is 11.7. The van der Waals surface area contributed by atoms with Gasteiger partial charge in [0.1, 0.15) is 0 Å². The van der Waals surface area contributed by atoms with Crippen molar-refractivity contribution in [2.45, 2.75) is 12.5 Å². The lowest BCUT2D eigenvalue weighted by atomic mass is 9.92. The van der Waals surface area contributed by atoms with E-state index in [-0.39, 0.29) is 0 Å². The molecule has 0 heterocycles. The normalized spacial score (nSPS) is 14.6. The van der Waals surface area contributed by atoms with Crippen molar-refractivity contribution in [1.82, 2.24) is 0 Å². The Balaban J connectivity index is 3.31. The second kappa shape index (κ2) is 5.33. The highest BCUT2D eigenvalue weighted by Crippen LogP contribution is 2.25. The Hall–Kier alpha value is -2.05. The molecule has 17 heavy (non-hydrogen) atoms. The Kier molecular flexibility index (Phi) is 4.08. The number of hydrogen-bond acceptors (Lipinski definition) is 3. The highest BCUT2D eigenvalue weighted by atomic mass is 16.5. The van der Waals surface area contributed by atoms with Gasteiger partial charge in [0.25, 0.3) is 0 Å². The summed E-state index contributed by atoms with van der Waals surface area (Å²) in [5, 5.41) is 10.4. The quantitative estimate of drug-likeness (QED) is 0.634. The van der Waals surface area contributed by atoms with Crippen molar-refractivity contribution >= 4 is 5.97 Å². The van der Waals surface area contributed by atoms with E-state index in [4.69, 9.17) is 6.42 Å². The summed E-state index contributed by atoms with van der Waals surface area (Å²) in [7, 11) is 1.22. The van der Waals surface area contributed by atoms with E-state index >= 15 is 0 Å². The molecule has 0 fully saturated rings. The molecule has 0 bridgehead atoms. The molecule has 3 heteroatoms. The molecule has 0 aliphatic heterocycles. The molecular weight excluding hydrogens is 216 g/mol. The number of esters is 1. The van der Waals surface area contributed by atoms with Crippen LogP contribution in [0.3, 0.4) is 0 Å². The van der Waals surface area contributed by atoms with E-state index in [0.717, 1.165) is 0 Å². The number of carbonyl (C=O) groups is 1. The van der Waals surface area contributed by atoms with E-state index in [1.807, 2.05) is 0 Å². The second-order valence-corrected chi connectivity index (χ2v) is 3.60. The minimum atomic E-state index is -1.84. The van der Waals surface area contributed by atoms with Crippen molar-refractivity contribution in [2.24, 2.45) is 0 Å². The maximum atomic E-state index is 11.7. The topological polar surface area (TPSA) is 46.5 Å². The molecule has 88 valence electrons. The summed E-state index contributed by atoms with van der Waals surface area (Å²) in [5.41, 5.74) is -0.963. The van der Waals surface area contributed by atoms with Crippen molar-refractivity contribution in [2.75, 3.05) is 7.11 Å². The monoisotopic (exact) mass is 230 g/mol. The fourth-order valence-electron chi connectivity index (χ4n) is 1.46. The summed E-state index contributed by atoms with van der Waals surface area (Å²) < 4.78 is 4.61. The molecule has 1 N–H and O–H groups in total. The van der Waals surface area contributed by atoms with Crippen LogP contribution in [0.15, 0.2) is 42.0 Å². The maximum absolute atomic E-state index is 11.7. The van der Waals surface area contributed by atoms with Gasteiger partial charge in [-0.2, -0.15) is 0 Å². The first-order chi connectivity index (χ1) is 8.04. The van der Waals surface area contributed by atoms with Crippen LogP contribution in [-0.4, -0.2) is 18.2 Å². The van der Waals surface area contributed by atoms with Crippen LogP contribution in [0.1, 0.15) is 12.5 Å². The summed E-state index contributed by atoms with van der Waals surface area (Å²) in [6.07, 6.45) is 6.53. The molecule has 0 radical (unpaired) electrons. The average Bonchev–Trinajstić information content (AvgIpc) is 2.38. The predicted molar refractivity (Wildman–Crippen MR) is 64.9 cm³/mol. The van der Waals surface area contributed by atoms with Crippen molar-refractivity contribution in [3.8, 4) is 12.3 Å². The minimum Gasteiger partial charge on any atom is -0.466 e. The van der Waals surface area contributed by atoms with Gasteiger partial charge in [0.05, 0.1) is 7.11 Å². The van der Waals surface area contributed by atoms with Gasteiger partial charge in [-0.3, -0.25) is 0 Å². The van der Waals surface area contributed by atoms with Crippen LogP contribution in [0.2, 0.25) is 0 Å². The predicted octanol–water partition coefficient (Wildman–Crippen LogP) is 1.63. The van der Waals surface area contributed by atoms with Gasteiger partial charge in [-0.05, 0) is 24.1 Å². The van der Waals surface area contributed by atoms with E-state index in [1.54, 1.807) is 37.3 Å². The number of hydrogen-bond donors (Lipinski definition) is 1. The number of carbonyl (C=O) groups excluding carboxylic acids is 1. The molecule has 0 amide bonds. The van der Waals surface area contributed by atoms with E-state index in [9.17, 15) is 9.90 Å². The molecule has 0 spiro atoms. The van der Waals surface area contributed by atoms with Crippen LogP contribution in [0.5, 0.6) is 0 Å². The summed E-state index contributed by atoms with van der Waals surface area (Å²) in [6, 6.07) is 8.51. The van der Waals surface area contributed by atoms with Gasteiger partial charge in [-0.15, -0.1) is 6.42 Å². The molecule has 0 unspecified atom stereocenters. The smallest absolute Gasteiger partial charge is 0.346 e. The third-order valence-corrected chi connectivity index (χ3v) is 2.36. The first-order valence-electron chi connectivity index (χ1n) is 5.07. The molecule has 1 atom stereocenters. The third kappa shape index (κ3) is 2.74. The molecule has 0 saturated carbocycles. The number of ether oxygens (including phenoxy) is 1. The van der Waals surface area contributed by atoms with Gasteiger partial charge in [0, 0.05) is 0 Å². The Bertz CT molecular complexity index is 468. The second-order valence-electron chi connectivity index (χ2n) is 3.60. The molecule has 0 aromatic heterocycles. The first kappa shape index (κ1) is 13.0. The lowest BCUT2D eigenvalue weighted by molar-refractivity contribution is -0.158. The van der Waals surface area contributed by atoms with Crippen LogP contribution < -0.4 is 0 Å². The molecule has 0 aliphatic rings. The van der Waals surface area contributed by atoms with Crippen molar-refractivity contribution < 1.29 is 14.6 Å². The maximum Gasteiger partial charge on any atom is 0.346 e. The third-order valence-electron chi connectivity index (χ3n) is 2.36. The van der Waals surface area contributed by atoms with Gasteiger partial charge >= 0.3 is 5.97 Å². The number of terminal acetylenes is 1. The largest absolute Gasteiger partial charge is 0.466 e. The Morgan fingerprint density at radius 2 is 2.06 bits per heavy atom. The van der Waals surface area contributed by atoms with Crippen molar-refractivity contribution in [3.05, 3.63) is 47.5 Å². The zero-order valence-corrected chi connectivity index (χ0v) is 9.81. The number of benzene rings is 1. The number of aliphatic hydroxyl groups is 1. The lowest BCUT2D eigenvalue weighted by Crippen LogP contribution is -2.35. The van der Waals surface area contributed by atoms with Gasteiger partial charge in [-0.25, -0.2) is 4.79 Å². The zero-order chi connectivity index (χ0) is 12.9. The van der Waals surface area contributed by atoms with Gasteiger partial charge in [0.15, 0.2) is 0 Å². The van der Waals surface area contributed by atoms with Crippen molar-refractivity contribution in [1.29, 1.82) is 0 Å². The number of allylic oxidation sites excluding steroid dienone is 1. The molecule has 0 saturated heterocycles. The van der Waals surface area contributed by atoms with Crippen molar-refractivity contribution in [3.63, 3.8) is 0 Å². The molecule has 3 nitrogen and oxygen atoms in total. The highest BCUT2D eigenvalue weighted by Gasteiger charge is 2.36.